The van der Waals surface area contributed by atoms with Gasteiger partial charge in [-0.1, -0.05) is 32.4 Å². The van der Waals surface area contributed by atoms with Crippen molar-refractivity contribution in [2.45, 2.75) is 65.8 Å². The number of hydrogen-bond acceptors (Lipinski definition) is 3. The predicted octanol–water partition coefficient (Wildman–Crippen LogP) is 3.52. The summed E-state index contributed by atoms with van der Waals surface area (Å²) in [6, 6.07) is 7.82. The van der Waals surface area contributed by atoms with E-state index in [1.54, 1.807) is 0 Å². The molecule has 172 valence electrons. The van der Waals surface area contributed by atoms with Gasteiger partial charge in [0.25, 0.3) is 0 Å². The van der Waals surface area contributed by atoms with Crippen LogP contribution < -0.4 is 16.0 Å². The van der Waals surface area contributed by atoms with Crippen LogP contribution in [0.15, 0.2) is 29.3 Å². The SMILES string of the molecule is CCNC(=NCc1cccc(NC(=O)CC(C)C)c1)NCCCN1CCCCCC1=O. The number of likely N-dealkylation sites (tertiary alicyclic amines) is 1. The second kappa shape index (κ2) is 13.7. The van der Waals surface area contributed by atoms with Gasteiger partial charge in [0.1, 0.15) is 0 Å². The maximum Gasteiger partial charge on any atom is 0.224 e. The van der Waals surface area contributed by atoms with Gasteiger partial charge in [-0.2, -0.15) is 0 Å². The van der Waals surface area contributed by atoms with Crippen molar-refractivity contribution < 1.29 is 9.59 Å². The molecule has 0 spiro atoms. The van der Waals surface area contributed by atoms with E-state index in [9.17, 15) is 9.59 Å². The molecule has 0 unspecified atom stereocenters. The first-order chi connectivity index (χ1) is 15.0. The van der Waals surface area contributed by atoms with Crippen molar-refractivity contribution in [3.8, 4) is 0 Å². The van der Waals surface area contributed by atoms with Crippen LogP contribution in [0.2, 0.25) is 0 Å². The summed E-state index contributed by atoms with van der Waals surface area (Å²) < 4.78 is 0. The third-order valence-corrected chi connectivity index (χ3v) is 5.14. The number of benzene rings is 1. The zero-order chi connectivity index (χ0) is 22.5. The number of carbonyl (C=O) groups is 2. The van der Waals surface area contributed by atoms with Gasteiger partial charge < -0.3 is 20.9 Å². The third kappa shape index (κ3) is 9.85. The van der Waals surface area contributed by atoms with Gasteiger partial charge in [-0.25, -0.2) is 4.99 Å². The molecule has 7 nitrogen and oxygen atoms in total. The van der Waals surface area contributed by atoms with Gasteiger partial charge >= 0.3 is 0 Å². The summed E-state index contributed by atoms with van der Waals surface area (Å²) >= 11 is 0. The zero-order valence-corrected chi connectivity index (χ0v) is 19.4. The van der Waals surface area contributed by atoms with E-state index in [4.69, 9.17) is 0 Å². The molecule has 2 amide bonds. The third-order valence-electron chi connectivity index (χ3n) is 5.14. The molecule has 0 aliphatic carbocycles. The van der Waals surface area contributed by atoms with E-state index in [1.807, 2.05) is 49.9 Å². The molecule has 31 heavy (non-hydrogen) atoms. The fraction of sp³-hybridized carbons (Fsp3) is 0.625. The van der Waals surface area contributed by atoms with E-state index in [0.717, 1.165) is 69.1 Å². The number of hydrogen-bond donors (Lipinski definition) is 3. The van der Waals surface area contributed by atoms with Crippen LogP contribution in [0, 0.1) is 5.92 Å². The fourth-order valence-electron chi connectivity index (χ4n) is 3.59. The molecule has 1 aliphatic rings. The molecule has 1 fully saturated rings. The van der Waals surface area contributed by atoms with E-state index < -0.39 is 0 Å². The number of nitrogens with zero attached hydrogens (tertiary/aromatic N) is 2. The quantitative estimate of drug-likeness (QED) is 0.302. The van der Waals surface area contributed by atoms with Crippen molar-refractivity contribution in [2.75, 3.05) is 31.5 Å². The minimum absolute atomic E-state index is 0.0357. The summed E-state index contributed by atoms with van der Waals surface area (Å²) in [5, 5.41) is 9.58. The first-order valence-electron chi connectivity index (χ1n) is 11.7. The van der Waals surface area contributed by atoms with Crippen LogP contribution in [-0.4, -0.2) is 48.9 Å². The Balaban J connectivity index is 1.82. The molecule has 1 aromatic carbocycles. The number of aliphatic imine (C=N–C) groups is 1. The highest BCUT2D eigenvalue weighted by atomic mass is 16.2. The highest BCUT2D eigenvalue weighted by molar-refractivity contribution is 5.90. The van der Waals surface area contributed by atoms with Crippen LogP contribution in [0.5, 0.6) is 0 Å². The first kappa shape index (κ1) is 24.7. The lowest BCUT2D eigenvalue weighted by Crippen LogP contribution is -2.39. The smallest absolute Gasteiger partial charge is 0.224 e. The van der Waals surface area contributed by atoms with Crippen molar-refractivity contribution >= 4 is 23.5 Å². The normalized spacial score (nSPS) is 15.0. The van der Waals surface area contributed by atoms with E-state index >= 15 is 0 Å². The van der Waals surface area contributed by atoms with Crippen LogP contribution in [-0.2, 0) is 16.1 Å². The number of carbonyl (C=O) groups excluding carboxylic acids is 2. The molecular formula is C24H39N5O2. The maximum absolute atomic E-state index is 12.1. The van der Waals surface area contributed by atoms with Gasteiger partial charge in [0, 0.05) is 44.7 Å². The molecule has 0 bridgehead atoms. The Kier molecular flexibility index (Phi) is 10.9. The van der Waals surface area contributed by atoms with E-state index in [-0.39, 0.29) is 5.91 Å². The van der Waals surface area contributed by atoms with Crippen molar-refractivity contribution in [1.29, 1.82) is 0 Å². The van der Waals surface area contributed by atoms with Crippen molar-refractivity contribution in [2.24, 2.45) is 10.9 Å². The maximum atomic E-state index is 12.1. The average molecular weight is 430 g/mol. The van der Waals surface area contributed by atoms with Crippen LogP contribution in [0.3, 0.4) is 0 Å². The minimum atomic E-state index is 0.0357. The van der Waals surface area contributed by atoms with Crippen LogP contribution in [0.25, 0.3) is 0 Å². The summed E-state index contributed by atoms with van der Waals surface area (Å²) in [6.07, 6.45) is 5.38. The lowest BCUT2D eigenvalue weighted by Gasteiger charge is -2.20. The molecule has 3 N–H and O–H groups in total. The predicted molar refractivity (Wildman–Crippen MR) is 127 cm³/mol. The summed E-state index contributed by atoms with van der Waals surface area (Å²) in [7, 11) is 0. The van der Waals surface area contributed by atoms with E-state index in [2.05, 4.69) is 20.9 Å². The molecule has 1 heterocycles. The Morgan fingerprint density at radius 3 is 2.81 bits per heavy atom. The number of rotatable bonds is 10. The fourth-order valence-corrected chi connectivity index (χ4v) is 3.59. The summed E-state index contributed by atoms with van der Waals surface area (Å²) in [4.78, 5) is 30.8. The van der Waals surface area contributed by atoms with Crippen LogP contribution >= 0.6 is 0 Å². The second-order valence-electron chi connectivity index (χ2n) is 8.51. The highest BCUT2D eigenvalue weighted by Gasteiger charge is 2.15. The Morgan fingerprint density at radius 2 is 2.03 bits per heavy atom. The van der Waals surface area contributed by atoms with Gasteiger partial charge in [0.05, 0.1) is 6.54 Å². The molecule has 0 radical (unpaired) electrons. The summed E-state index contributed by atoms with van der Waals surface area (Å²) in [6.45, 7) is 9.85. The second-order valence-corrected chi connectivity index (χ2v) is 8.51. The topological polar surface area (TPSA) is 85.8 Å². The van der Waals surface area contributed by atoms with Crippen LogP contribution in [0.4, 0.5) is 5.69 Å². The van der Waals surface area contributed by atoms with Crippen molar-refractivity contribution in [3.05, 3.63) is 29.8 Å². The molecule has 1 saturated heterocycles. The highest BCUT2D eigenvalue weighted by Crippen LogP contribution is 2.13. The monoisotopic (exact) mass is 429 g/mol. The molecule has 0 aromatic heterocycles. The van der Waals surface area contributed by atoms with Crippen LogP contribution in [0.1, 0.15) is 64.9 Å². The van der Waals surface area contributed by atoms with Crippen molar-refractivity contribution in [1.82, 2.24) is 15.5 Å². The molecule has 0 saturated carbocycles. The van der Waals surface area contributed by atoms with E-state index in [1.165, 1.54) is 0 Å². The molecular weight excluding hydrogens is 390 g/mol. The molecule has 1 aromatic rings. The summed E-state index contributed by atoms with van der Waals surface area (Å²) in [5.74, 6) is 1.42. The van der Waals surface area contributed by atoms with E-state index in [0.29, 0.717) is 31.2 Å². The van der Waals surface area contributed by atoms with Crippen molar-refractivity contribution in [3.63, 3.8) is 0 Å². The largest absolute Gasteiger partial charge is 0.357 e. The van der Waals surface area contributed by atoms with Gasteiger partial charge in [-0.3, -0.25) is 9.59 Å². The van der Waals surface area contributed by atoms with Gasteiger partial charge in [-0.05, 0) is 49.8 Å². The Hall–Kier alpha value is -2.57. The molecule has 1 aliphatic heterocycles. The molecule has 2 rings (SSSR count). The average Bonchev–Trinajstić information content (AvgIpc) is 2.93. The van der Waals surface area contributed by atoms with Gasteiger partial charge in [-0.15, -0.1) is 0 Å². The zero-order valence-electron chi connectivity index (χ0n) is 19.4. The minimum Gasteiger partial charge on any atom is -0.357 e. The summed E-state index contributed by atoms with van der Waals surface area (Å²) in [5.41, 5.74) is 1.84. The van der Waals surface area contributed by atoms with Gasteiger partial charge in [0.15, 0.2) is 5.96 Å². The number of amides is 2. The molecule has 0 atom stereocenters. The Bertz CT molecular complexity index is 732. The lowest BCUT2D eigenvalue weighted by molar-refractivity contribution is -0.130. The first-order valence-corrected chi connectivity index (χ1v) is 11.7. The number of nitrogens with one attached hydrogen (secondary N) is 3. The molecule has 7 heteroatoms. The standard InChI is InChI=1S/C24H39N5O2/c1-4-25-24(26-13-9-15-29-14-7-5-6-12-23(29)31)27-18-20-10-8-11-21(17-20)28-22(30)16-19(2)3/h8,10-11,17,19H,4-7,9,12-16,18H2,1-3H3,(H,28,30)(H2,25,26,27). The number of guanidine groups is 1. The number of anilines is 1. The Morgan fingerprint density at radius 1 is 1.19 bits per heavy atom. The lowest BCUT2D eigenvalue weighted by atomic mass is 10.1. The van der Waals surface area contributed by atoms with Gasteiger partial charge in [0.2, 0.25) is 11.8 Å². The Labute approximate surface area is 187 Å².